The standard InChI is InChI=1S/C9H21NS2/c1-3-5-7-10(12-9-11)8-6-4-2/h11H,3-9H2,1-2H3. The van der Waals surface area contributed by atoms with Gasteiger partial charge in [-0.1, -0.05) is 38.6 Å². The van der Waals surface area contributed by atoms with Crippen LogP contribution in [-0.2, 0) is 0 Å². The first kappa shape index (κ1) is 12.7. The first-order valence-corrected chi connectivity index (χ1v) is 6.41. The summed E-state index contributed by atoms with van der Waals surface area (Å²) in [7, 11) is 0. The smallest absolute Gasteiger partial charge is 0.0509 e. The number of rotatable bonds is 8. The highest BCUT2D eigenvalue weighted by molar-refractivity contribution is 8.07. The van der Waals surface area contributed by atoms with Crippen LogP contribution in [0.15, 0.2) is 0 Å². The summed E-state index contributed by atoms with van der Waals surface area (Å²) in [6.07, 6.45) is 5.19. The predicted molar refractivity (Wildman–Crippen MR) is 62.8 cm³/mol. The molecule has 0 N–H and O–H groups in total. The molecule has 0 fully saturated rings. The topological polar surface area (TPSA) is 3.24 Å². The molecule has 0 aromatic carbocycles. The molecule has 0 radical (unpaired) electrons. The van der Waals surface area contributed by atoms with E-state index in [0.29, 0.717) is 0 Å². The van der Waals surface area contributed by atoms with Gasteiger partial charge in [0, 0.05) is 13.1 Å². The molecule has 0 atom stereocenters. The van der Waals surface area contributed by atoms with E-state index in [9.17, 15) is 0 Å². The second-order valence-electron chi connectivity index (χ2n) is 2.89. The van der Waals surface area contributed by atoms with Gasteiger partial charge >= 0.3 is 0 Å². The predicted octanol–water partition coefficient (Wildman–Crippen LogP) is 3.42. The molecule has 74 valence electrons. The van der Waals surface area contributed by atoms with Crippen molar-refractivity contribution in [2.45, 2.75) is 39.5 Å². The Hall–Kier alpha value is 0.660. The third-order valence-corrected chi connectivity index (χ3v) is 2.95. The highest BCUT2D eigenvalue weighted by Crippen LogP contribution is 2.13. The van der Waals surface area contributed by atoms with Gasteiger partial charge in [0.15, 0.2) is 0 Å². The summed E-state index contributed by atoms with van der Waals surface area (Å²) in [6, 6.07) is 0. The average molecular weight is 207 g/mol. The van der Waals surface area contributed by atoms with Crippen molar-refractivity contribution in [3.8, 4) is 0 Å². The molecular formula is C9H21NS2. The van der Waals surface area contributed by atoms with Crippen LogP contribution in [0, 0.1) is 0 Å². The summed E-state index contributed by atoms with van der Waals surface area (Å²) in [5, 5.41) is 0.910. The molecule has 0 heterocycles. The lowest BCUT2D eigenvalue weighted by atomic mass is 10.3. The molecule has 1 nitrogen and oxygen atoms in total. The van der Waals surface area contributed by atoms with Crippen LogP contribution in [0.4, 0.5) is 0 Å². The Balaban J connectivity index is 3.40. The van der Waals surface area contributed by atoms with E-state index in [1.54, 1.807) is 0 Å². The summed E-state index contributed by atoms with van der Waals surface area (Å²) in [5.41, 5.74) is 0. The number of hydrogen-bond acceptors (Lipinski definition) is 3. The lowest BCUT2D eigenvalue weighted by molar-refractivity contribution is 0.445. The van der Waals surface area contributed by atoms with E-state index < -0.39 is 0 Å². The molecule has 0 aliphatic carbocycles. The maximum Gasteiger partial charge on any atom is 0.0509 e. The number of thiol groups is 1. The Morgan fingerprint density at radius 2 is 1.58 bits per heavy atom. The molecule has 0 saturated carbocycles. The van der Waals surface area contributed by atoms with Crippen molar-refractivity contribution in [2.75, 3.05) is 18.2 Å². The van der Waals surface area contributed by atoms with Crippen LogP contribution >= 0.6 is 24.6 Å². The van der Waals surface area contributed by atoms with E-state index in [2.05, 4.69) is 30.8 Å². The van der Waals surface area contributed by atoms with E-state index in [0.717, 1.165) is 5.08 Å². The van der Waals surface area contributed by atoms with Gasteiger partial charge in [0.1, 0.15) is 0 Å². The zero-order valence-corrected chi connectivity index (χ0v) is 9.96. The van der Waals surface area contributed by atoms with E-state index in [-0.39, 0.29) is 0 Å². The molecule has 0 unspecified atom stereocenters. The van der Waals surface area contributed by atoms with Crippen molar-refractivity contribution in [3.63, 3.8) is 0 Å². The monoisotopic (exact) mass is 207 g/mol. The molecule has 3 heteroatoms. The van der Waals surface area contributed by atoms with E-state index >= 15 is 0 Å². The SMILES string of the molecule is CCCCN(CCCC)SCS. The van der Waals surface area contributed by atoms with Crippen LogP contribution in [0.2, 0.25) is 0 Å². The van der Waals surface area contributed by atoms with Crippen molar-refractivity contribution in [1.82, 2.24) is 4.31 Å². The van der Waals surface area contributed by atoms with Crippen molar-refractivity contribution in [1.29, 1.82) is 0 Å². The highest BCUT2D eigenvalue weighted by atomic mass is 32.2. The molecule has 0 aliphatic heterocycles. The van der Waals surface area contributed by atoms with Crippen molar-refractivity contribution in [3.05, 3.63) is 0 Å². The minimum absolute atomic E-state index is 0.910. The Bertz CT molecular complexity index is 80.6. The molecule has 0 bridgehead atoms. The molecule has 0 saturated heterocycles. The fraction of sp³-hybridized carbons (Fsp3) is 1.00. The van der Waals surface area contributed by atoms with Gasteiger partial charge in [-0.05, 0) is 12.8 Å². The van der Waals surface area contributed by atoms with Gasteiger partial charge in [0.05, 0.1) is 5.08 Å². The quantitative estimate of drug-likeness (QED) is 0.369. The molecule has 0 amide bonds. The minimum atomic E-state index is 0.910. The van der Waals surface area contributed by atoms with Gasteiger partial charge in [-0.2, -0.15) is 12.6 Å². The third kappa shape index (κ3) is 7.32. The van der Waals surface area contributed by atoms with Gasteiger partial charge in [0.2, 0.25) is 0 Å². The van der Waals surface area contributed by atoms with E-state index in [1.165, 1.54) is 38.8 Å². The van der Waals surface area contributed by atoms with Gasteiger partial charge in [-0.25, -0.2) is 4.31 Å². The molecule has 0 aliphatic rings. The Morgan fingerprint density at radius 3 is 1.92 bits per heavy atom. The summed E-state index contributed by atoms with van der Waals surface area (Å²) < 4.78 is 2.44. The lowest BCUT2D eigenvalue weighted by Gasteiger charge is -2.19. The van der Waals surface area contributed by atoms with Crippen LogP contribution in [0.1, 0.15) is 39.5 Å². The van der Waals surface area contributed by atoms with Gasteiger partial charge in [-0.15, -0.1) is 0 Å². The fourth-order valence-electron chi connectivity index (χ4n) is 0.991. The van der Waals surface area contributed by atoms with Crippen molar-refractivity contribution < 1.29 is 0 Å². The average Bonchev–Trinajstić information content (AvgIpc) is 2.10. The summed E-state index contributed by atoms with van der Waals surface area (Å²) >= 11 is 6.08. The third-order valence-electron chi connectivity index (χ3n) is 1.76. The van der Waals surface area contributed by atoms with Crippen molar-refractivity contribution in [2.24, 2.45) is 0 Å². The van der Waals surface area contributed by atoms with Crippen LogP contribution in [0.5, 0.6) is 0 Å². The normalized spacial score (nSPS) is 11.0. The second kappa shape index (κ2) is 9.75. The molecular weight excluding hydrogens is 186 g/mol. The molecule has 0 aromatic rings. The largest absolute Gasteiger partial charge is 0.250 e. The van der Waals surface area contributed by atoms with Crippen LogP contribution in [0.25, 0.3) is 0 Å². The molecule has 12 heavy (non-hydrogen) atoms. The summed E-state index contributed by atoms with van der Waals surface area (Å²) in [4.78, 5) is 0. The Labute approximate surface area is 86.8 Å². The zero-order chi connectivity index (χ0) is 9.23. The Kier molecular flexibility index (Phi) is 10.3. The maximum atomic E-state index is 4.23. The number of nitrogens with zero attached hydrogens (tertiary/aromatic N) is 1. The highest BCUT2D eigenvalue weighted by Gasteiger charge is 2.01. The molecule has 0 aromatic heterocycles. The van der Waals surface area contributed by atoms with Gasteiger partial charge in [-0.3, -0.25) is 0 Å². The molecule has 0 rings (SSSR count). The van der Waals surface area contributed by atoms with Crippen LogP contribution in [0.3, 0.4) is 0 Å². The van der Waals surface area contributed by atoms with Gasteiger partial charge < -0.3 is 0 Å². The second-order valence-corrected chi connectivity index (χ2v) is 4.70. The van der Waals surface area contributed by atoms with Crippen LogP contribution in [-0.4, -0.2) is 22.5 Å². The van der Waals surface area contributed by atoms with E-state index in [4.69, 9.17) is 0 Å². The first-order chi connectivity index (χ1) is 5.85. The number of unbranched alkanes of at least 4 members (excludes halogenated alkanes) is 2. The van der Waals surface area contributed by atoms with E-state index in [1.807, 2.05) is 11.9 Å². The lowest BCUT2D eigenvalue weighted by Crippen LogP contribution is -2.18. The van der Waals surface area contributed by atoms with Gasteiger partial charge in [0.25, 0.3) is 0 Å². The summed E-state index contributed by atoms with van der Waals surface area (Å²) in [5.74, 6) is 0. The maximum absolute atomic E-state index is 4.23. The van der Waals surface area contributed by atoms with Crippen LogP contribution < -0.4 is 0 Å². The first-order valence-electron chi connectivity index (χ1n) is 4.83. The van der Waals surface area contributed by atoms with Crippen molar-refractivity contribution >= 4 is 24.6 Å². The zero-order valence-electron chi connectivity index (χ0n) is 8.25. The summed E-state index contributed by atoms with van der Waals surface area (Å²) in [6.45, 7) is 6.93. The molecule has 0 spiro atoms. The fourth-order valence-corrected chi connectivity index (χ4v) is 2.16. The number of hydrogen-bond donors (Lipinski definition) is 1. The Morgan fingerprint density at radius 1 is 1.08 bits per heavy atom. The minimum Gasteiger partial charge on any atom is -0.250 e.